The summed E-state index contributed by atoms with van der Waals surface area (Å²) < 4.78 is 1.99. The van der Waals surface area contributed by atoms with Crippen molar-refractivity contribution in [1.82, 2.24) is 9.78 Å². The lowest BCUT2D eigenvalue weighted by atomic mass is 10.1. The van der Waals surface area contributed by atoms with Crippen molar-refractivity contribution >= 4 is 23.2 Å². The van der Waals surface area contributed by atoms with E-state index in [0.29, 0.717) is 5.38 Å². The smallest absolute Gasteiger partial charge is 0.0847 e. The van der Waals surface area contributed by atoms with Crippen LogP contribution in [-0.4, -0.2) is 15.2 Å². The fraction of sp³-hybridized carbons (Fsp3) is 0.750. The monoisotopic (exact) mass is 260 g/mol. The Kier molecular flexibility index (Phi) is 3.81. The number of alkyl halides is 1. The van der Waals surface area contributed by atoms with Gasteiger partial charge >= 0.3 is 0 Å². The zero-order valence-electron chi connectivity index (χ0n) is 9.84. The first kappa shape index (κ1) is 12.3. The number of nitrogens with zero attached hydrogens (tertiary/aromatic N) is 2. The number of hydrogen-bond donors (Lipinski definition) is 0. The van der Waals surface area contributed by atoms with Crippen LogP contribution in [-0.2, 0) is 13.0 Å². The van der Waals surface area contributed by atoms with Crippen molar-refractivity contribution in [2.45, 2.75) is 51.5 Å². The Morgan fingerprint density at radius 3 is 2.75 bits per heavy atom. The number of aryl methyl sites for hydroxylation is 2. The van der Waals surface area contributed by atoms with Crippen LogP contribution in [0.5, 0.6) is 0 Å². The molecule has 0 spiro atoms. The van der Waals surface area contributed by atoms with E-state index in [1.54, 1.807) is 0 Å². The SMILES string of the molecule is CCn1nc(C)c(Cl)c1CCC(Cl)C1CC1. The maximum absolute atomic E-state index is 6.31. The predicted octanol–water partition coefficient (Wildman–Crippen LogP) is 3.81. The van der Waals surface area contributed by atoms with Gasteiger partial charge in [0.1, 0.15) is 0 Å². The summed E-state index contributed by atoms with van der Waals surface area (Å²) in [5.41, 5.74) is 2.07. The van der Waals surface area contributed by atoms with Gasteiger partial charge in [0, 0.05) is 11.9 Å². The van der Waals surface area contributed by atoms with Gasteiger partial charge in [-0.3, -0.25) is 4.68 Å². The Labute approximate surface area is 107 Å². The van der Waals surface area contributed by atoms with Crippen LogP contribution in [0.15, 0.2) is 0 Å². The van der Waals surface area contributed by atoms with Gasteiger partial charge in [-0.2, -0.15) is 5.10 Å². The second-order valence-electron chi connectivity index (χ2n) is 4.55. The summed E-state index contributed by atoms with van der Waals surface area (Å²) in [6.07, 6.45) is 4.55. The van der Waals surface area contributed by atoms with Gasteiger partial charge in [0.15, 0.2) is 0 Å². The molecule has 1 fully saturated rings. The highest BCUT2D eigenvalue weighted by Crippen LogP contribution is 2.38. The van der Waals surface area contributed by atoms with Crippen molar-refractivity contribution in [2.24, 2.45) is 5.92 Å². The summed E-state index contributed by atoms with van der Waals surface area (Å²) in [5.74, 6) is 0.750. The lowest BCUT2D eigenvalue weighted by molar-refractivity contribution is 0.589. The molecule has 1 unspecified atom stereocenters. The molecule has 0 radical (unpaired) electrons. The van der Waals surface area contributed by atoms with Gasteiger partial charge in [0.25, 0.3) is 0 Å². The molecule has 90 valence electrons. The van der Waals surface area contributed by atoms with Gasteiger partial charge in [-0.15, -0.1) is 11.6 Å². The third kappa shape index (κ3) is 2.54. The summed E-state index contributed by atoms with van der Waals surface area (Å²) in [4.78, 5) is 0. The van der Waals surface area contributed by atoms with Crippen LogP contribution in [0.3, 0.4) is 0 Å². The van der Waals surface area contributed by atoms with Crippen LogP contribution < -0.4 is 0 Å². The fourth-order valence-corrected chi connectivity index (χ4v) is 2.67. The second kappa shape index (κ2) is 4.97. The van der Waals surface area contributed by atoms with E-state index in [2.05, 4.69) is 12.0 Å². The van der Waals surface area contributed by atoms with E-state index >= 15 is 0 Å². The molecule has 2 rings (SSSR count). The number of rotatable bonds is 5. The van der Waals surface area contributed by atoms with E-state index < -0.39 is 0 Å². The largest absolute Gasteiger partial charge is 0.268 e. The zero-order chi connectivity index (χ0) is 11.7. The van der Waals surface area contributed by atoms with Crippen molar-refractivity contribution in [2.75, 3.05) is 0 Å². The Morgan fingerprint density at radius 2 is 2.19 bits per heavy atom. The first-order valence-electron chi connectivity index (χ1n) is 5.99. The summed E-state index contributed by atoms with van der Waals surface area (Å²) in [6.45, 7) is 4.92. The van der Waals surface area contributed by atoms with Gasteiger partial charge in [-0.05, 0) is 45.4 Å². The molecule has 1 atom stereocenters. The molecule has 1 aromatic heterocycles. The number of halogens is 2. The highest BCUT2D eigenvalue weighted by molar-refractivity contribution is 6.31. The molecule has 0 amide bonds. The molecule has 1 aromatic rings. The van der Waals surface area contributed by atoms with E-state index in [9.17, 15) is 0 Å². The van der Waals surface area contributed by atoms with E-state index in [1.165, 1.54) is 12.8 Å². The molecule has 16 heavy (non-hydrogen) atoms. The van der Waals surface area contributed by atoms with Gasteiger partial charge in [-0.1, -0.05) is 11.6 Å². The van der Waals surface area contributed by atoms with Crippen molar-refractivity contribution in [3.8, 4) is 0 Å². The molecule has 1 heterocycles. The summed E-state index contributed by atoms with van der Waals surface area (Å²) in [6, 6.07) is 0. The lowest BCUT2D eigenvalue weighted by Gasteiger charge is -2.09. The van der Waals surface area contributed by atoms with Crippen LogP contribution in [0.25, 0.3) is 0 Å². The Bertz CT molecular complexity index is 369. The molecule has 2 nitrogen and oxygen atoms in total. The summed E-state index contributed by atoms with van der Waals surface area (Å²) >= 11 is 12.6. The topological polar surface area (TPSA) is 17.8 Å². The minimum atomic E-state index is 0.316. The zero-order valence-corrected chi connectivity index (χ0v) is 11.4. The van der Waals surface area contributed by atoms with E-state index in [1.807, 2.05) is 11.6 Å². The molecule has 1 saturated carbocycles. The standard InChI is InChI=1S/C12H18Cl2N2/c1-3-16-11(12(14)8(2)15-16)7-6-10(13)9-4-5-9/h9-10H,3-7H2,1-2H3. The second-order valence-corrected chi connectivity index (χ2v) is 5.49. The minimum absolute atomic E-state index is 0.316. The first-order valence-corrected chi connectivity index (χ1v) is 6.80. The van der Waals surface area contributed by atoms with Gasteiger partial charge < -0.3 is 0 Å². The van der Waals surface area contributed by atoms with Crippen LogP contribution >= 0.6 is 23.2 Å². The maximum Gasteiger partial charge on any atom is 0.0847 e. The van der Waals surface area contributed by atoms with E-state index in [0.717, 1.165) is 41.7 Å². The number of aromatic nitrogens is 2. The third-order valence-electron chi connectivity index (χ3n) is 3.24. The molecule has 0 N–H and O–H groups in total. The van der Waals surface area contributed by atoms with Gasteiger partial charge in [0.05, 0.1) is 16.4 Å². The molecule has 0 aliphatic heterocycles. The molecular formula is C12H18Cl2N2. The summed E-state index contributed by atoms with van der Waals surface area (Å²) in [5, 5.41) is 5.55. The van der Waals surface area contributed by atoms with Crippen molar-refractivity contribution < 1.29 is 0 Å². The predicted molar refractivity (Wildman–Crippen MR) is 68.3 cm³/mol. The Morgan fingerprint density at radius 1 is 1.50 bits per heavy atom. The van der Waals surface area contributed by atoms with Crippen molar-refractivity contribution in [1.29, 1.82) is 0 Å². The highest BCUT2D eigenvalue weighted by atomic mass is 35.5. The average Bonchev–Trinajstić information content (AvgIpc) is 3.06. The minimum Gasteiger partial charge on any atom is -0.268 e. The third-order valence-corrected chi connectivity index (χ3v) is 4.31. The summed E-state index contributed by atoms with van der Waals surface area (Å²) in [7, 11) is 0. The highest BCUT2D eigenvalue weighted by Gasteiger charge is 2.29. The van der Waals surface area contributed by atoms with Crippen LogP contribution in [0.2, 0.25) is 5.02 Å². The Hall–Kier alpha value is -0.210. The lowest BCUT2D eigenvalue weighted by Crippen LogP contribution is -2.08. The number of hydrogen-bond acceptors (Lipinski definition) is 1. The van der Waals surface area contributed by atoms with Crippen LogP contribution in [0.1, 0.15) is 37.6 Å². The van der Waals surface area contributed by atoms with Gasteiger partial charge in [0.2, 0.25) is 0 Å². The molecule has 0 bridgehead atoms. The molecular weight excluding hydrogens is 243 g/mol. The van der Waals surface area contributed by atoms with Gasteiger partial charge in [-0.25, -0.2) is 0 Å². The fourth-order valence-electron chi connectivity index (χ4n) is 2.08. The average molecular weight is 261 g/mol. The quantitative estimate of drug-likeness (QED) is 0.737. The maximum atomic E-state index is 6.31. The Balaban J connectivity index is 2.01. The molecule has 1 aliphatic rings. The molecule has 1 aliphatic carbocycles. The van der Waals surface area contributed by atoms with Crippen molar-refractivity contribution in [3.05, 3.63) is 16.4 Å². The van der Waals surface area contributed by atoms with Crippen molar-refractivity contribution in [3.63, 3.8) is 0 Å². The van der Waals surface area contributed by atoms with Crippen LogP contribution in [0, 0.1) is 12.8 Å². The molecule has 4 heteroatoms. The van der Waals surface area contributed by atoms with E-state index in [4.69, 9.17) is 23.2 Å². The molecule has 0 saturated heterocycles. The van der Waals surface area contributed by atoms with Crippen LogP contribution in [0.4, 0.5) is 0 Å². The van der Waals surface area contributed by atoms with E-state index in [-0.39, 0.29) is 0 Å². The molecule has 0 aromatic carbocycles. The first-order chi connectivity index (χ1) is 7.63. The normalized spacial score (nSPS) is 17.8.